The van der Waals surface area contributed by atoms with Gasteiger partial charge in [0, 0.05) is 12.1 Å². The predicted molar refractivity (Wildman–Crippen MR) is 99.5 cm³/mol. The molecule has 1 unspecified atom stereocenters. The van der Waals surface area contributed by atoms with Crippen LogP contribution in [0.15, 0.2) is 48.5 Å². The van der Waals surface area contributed by atoms with Gasteiger partial charge in [0.1, 0.15) is 11.5 Å². The first kappa shape index (κ1) is 20.7. The minimum atomic E-state index is -1.04. The number of hydrogen-bond donors (Lipinski definition) is 4. The zero-order valence-electron chi connectivity index (χ0n) is 15.8. The Labute approximate surface area is 167 Å². The quantitative estimate of drug-likeness (QED) is 0.299. The Morgan fingerprint density at radius 2 is 1.97 bits per heavy atom. The van der Waals surface area contributed by atoms with E-state index in [-0.39, 0.29) is 12.3 Å². The fourth-order valence-corrected chi connectivity index (χ4v) is 3.36. The van der Waals surface area contributed by atoms with Crippen LogP contribution in [0.3, 0.4) is 0 Å². The standard InChI is InChI=1S/C20H22N2O7/c1-2-28-19(24)20(12-17(20)18(23)21-25)11-13-6-8-15(9-7-13)29-16-5-3-4-14(10-16)22(26)27/h3-10,17,22,25-26H,2,11-12H2,1H3,(H,21,23)/t17-,20+/m1/s1. The van der Waals surface area contributed by atoms with Crippen LogP contribution in [0.2, 0.25) is 0 Å². The molecule has 154 valence electrons. The summed E-state index contributed by atoms with van der Waals surface area (Å²) in [6, 6.07) is 13.1. The van der Waals surface area contributed by atoms with Crippen molar-refractivity contribution in [3.8, 4) is 11.5 Å². The van der Waals surface area contributed by atoms with Gasteiger partial charge in [-0.3, -0.25) is 14.8 Å². The van der Waals surface area contributed by atoms with Crippen LogP contribution < -0.4 is 15.4 Å². The van der Waals surface area contributed by atoms with E-state index >= 15 is 0 Å². The molecule has 0 heterocycles. The van der Waals surface area contributed by atoms with Crippen LogP contribution >= 0.6 is 0 Å². The second kappa shape index (κ2) is 8.58. The molecule has 0 saturated heterocycles. The predicted octanol–water partition coefficient (Wildman–Crippen LogP) is 1.50. The summed E-state index contributed by atoms with van der Waals surface area (Å²) in [5, 5.41) is 27.9. The van der Waals surface area contributed by atoms with Gasteiger partial charge in [-0.2, -0.15) is 5.23 Å². The number of carbonyl (C=O) groups is 2. The number of rotatable bonds is 8. The van der Waals surface area contributed by atoms with E-state index in [4.69, 9.17) is 19.9 Å². The normalized spacial score (nSPS) is 21.2. The van der Waals surface area contributed by atoms with E-state index in [1.54, 1.807) is 48.8 Å². The summed E-state index contributed by atoms with van der Waals surface area (Å²) in [7, 11) is 0. The lowest BCUT2D eigenvalue weighted by Crippen LogP contribution is -2.99. The lowest BCUT2D eigenvalue weighted by Gasteiger charge is -2.16. The molecule has 29 heavy (non-hydrogen) atoms. The molecule has 1 fully saturated rings. The second-order valence-electron chi connectivity index (χ2n) is 6.87. The number of nitrogens with one attached hydrogen (secondary N) is 2. The number of quaternary nitrogens is 1. The van der Waals surface area contributed by atoms with E-state index < -0.39 is 28.4 Å². The van der Waals surface area contributed by atoms with Gasteiger partial charge < -0.3 is 14.7 Å². The average molecular weight is 402 g/mol. The first-order valence-corrected chi connectivity index (χ1v) is 9.11. The van der Waals surface area contributed by atoms with Gasteiger partial charge >= 0.3 is 5.97 Å². The fourth-order valence-electron chi connectivity index (χ4n) is 3.36. The van der Waals surface area contributed by atoms with Crippen molar-refractivity contribution in [2.24, 2.45) is 11.3 Å². The molecule has 0 bridgehead atoms. The maximum Gasteiger partial charge on any atom is 0.313 e. The molecule has 2 aromatic rings. The lowest BCUT2D eigenvalue weighted by molar-refractivity contribution is -0.991. The maximum atomic E-state index is 12.4. The van der Waals surface area contributed by atoms with E-state index in [0.29, 0.717) is 24.3 Å². The molecule has 0 aliphatic heterocycles. The molecule has 4 N–H and O–H groups in total. The highest BCUT2D eigenvalue weighted by Gasteiger charge is 2.64. The number of hydrogen-bond acceptors (Lipinski definition) is 7. The highest BCUT2D eigenvalue weighted by Crippen LogP contribution is 2.56. The summed E-state index contributed by atoms with van der Waals surface area (Å²) in [5.74, 6) is -0.804. The first-order chi connectivity index (χ1) is 13.9. The number of ether oxygens (including phenoxy) is 2. The molecule has 1 aliphatic carbocycles. The minimum absolute atomic E-state index is 0.123. The van der Waals surface area contributed by atoms with Gasteiger partial charge in [0.15, 0.2) is 5.69 Å². The van der Waals surface area contributed by atoms with Crippen molar-refractivity contribution in [3.05, 3.63) is 59.3 Å². The van der Waals surface area contributed by atoms with Crippen molar-refractivity contribution in [2.75, 3.05) is 6.61 Å². The third kappa shape index (κ3) is 4.54. The van der Waals surface area contributed by atoms with E-state index in [2.05, 4.69) is 0 Å². The van der Waals surface area contributed by atoms with Crippen LogP contribution in [0.5, 0.6) is 11.5 Å². The van der Waals surface area contributed by atoms with Crippen molar-refractivity contribution in [3.63, 3.8) is 0 Å². The summed E-state index contributed by atoms with van der Waals surface area (Å²) in [6.07, 6.45) is 0.594. The van der Waals surface area contributed by atoms with E-state index in [0.717, 1.165) is 5.56 Å². The molecule has 9 heteroatoms. The molecule has 0 aromatic heterocycles. The SMILES string of the molecule is CCOC(=O)[C@@]1(Cc2ccc(Oc3cccc([NH+]([O-])O)c3)cc2)C[C@@H]1C(=O)NO. The highest BCUT2D eigenvalue weighted by atomic mass is 16.8. The molecular formula is C20H22N2O7. The van der Waals surface area contributed by atoms with Crippen molar-refractivity contribution in [1.29, 1.82) is 0 Å². The summed E-state index contributed by atoms with van der Waals surface area (Å²) in [4.78, 5) is 24.2. The molecule has 2 aromatic carbocycles. The summed E-state index contributed by atoms with van der Waals surface area (Å²) in [5.41, 5.74) is 1.55. The Morgan fingerprint density at radius 1 is 1.24 bits per heavy atom. The lowest BCUT2D eigenvalue weighted by atomic mass is 9.93. The van der Waals surface area contributed by atoms with Crippen LogP contribution in [0.25, 0.3) is 0 Å². The van der Waals surface area contributed by atoms with E-state index in [9.17, 15) is 14.8 Å². The van der Waals surface area contributed by atoms with Gasteiger partial charge in [0.05, 0.1) is 17.9 Å². The number of hydroxylamine groups is 1. The smallest absolute Gasteiger partial charge is 0.313 e. The minimum Gasteiger partial charge on any atom is -0.595 e. The molecular weight excluding hydrogens is 380 g/mol. The second-order valence-corrected chi connectivity index (χ2v) is 6.87. The Hall–Kier alpha value is -2.98. The van der Waals surface area contributed by atoms with Crippen LogP contribution in [0.4, 0.5) is 5.69 Å². The molecule has 3 atom stereocenters. The molecule has 1 amide bonds. The Bertz CT molecular complexity index is 885. The van der Waals surface area contributed by atoms with Crippen molar-refractivity contribution in [1.82, 2.24) is 5.48 Å². The Balaban J connectivity index is 1.71. The number of carbonyl (C=O) groups excluding carboxylic acids is 2. The average Bonchev–Trinajstić information content (AvgIpc) is 3.45. The van der Waals surface area contributed by atoms with Crippen molar-refractivity contribution in [2.45, 2.75) is 19.8 Å². The first-order valence-electron chi connectivity index (χ1n) is 9.11. The van der Waals surface area contributed by atoms with Crippen LogP contribution in [-0.2, 0) is 20.7 Å². The van der Waals surface area contributed by atoms with E-state index in [1.807, 2.05) is 0 Å². The maximum absolute atomic E-state index is 12.4. The molecule has 3 rings (SSSR count). The summed E-state index contributed by atoms with van der Waals surface area (Å²) >= 11 is 0. The van der Waals surface area contributed by atoms with Crippen LogP contribution in [0.1, 0.15) is 18.9 Å². The van der Waals surface area contributed by atoms with Crippen molar-refractivity contribution >= 4 is 17.6 Å². The van der Waals surface area contributed by atoms with Crippen LogP contribution in [0, 0.1) is 16.5 Å². The highest BCUT2D eigenvalue weighted by molar-refractivity contribution is 5.93. The van der Waals surface area contributed by atoms with Gasteiger partial charge in [-0.25, -0.2) is 10.7 Å². The van der Waals surface area contributed by atoms with Crippen LogP contribution in [-0.4, -0.2) is 28.9 Å². The topological polar surface area (TPSA) is 133 Å². The van der Waals surface area contributed by atoms with Gasteiger partial charge in [-0.05, 0) is 43.5 Å². The zero-order valence-corrected chi connectivity index (χ0v) is 15.8. The molecule has 0 spiro atoms. The summed E-state index contributed by atoms with van der Waals surface area (Å²) < 4.78 is 10.8. The largest absolute Gasteiger partial charge is 0.595 e. The Morgan fingerprint density at radius 3 is 2.59 bits per heavy atom. The van der Waals surface area contributed by atoms with Gasteiger partial charge in [-0.1, -0.05) is 18.2 Å². The molecule has 1 aliphatic rings. The van der Waals surface area contributed by atoms with Gasteiger partial charge in [-0.15, -0.1) is 0 Å². The number of benzene rings is 2. The van der Waals surface area contributed by atoms with Crippen molar-refractivity contribution < 1.29 is 34.7 Å². The van der Waals surface area contributed by atoms with E-state index in [1.165, 1.54) is 12.1 Å². The Kier molecular flexibility index (Phi) is 6.14. The third-order valence-electron chi connectivity index (χ3n) is 4.94. The molecule has 1 saturated carbocycles. The zero-order chi connectivity index (χ0) is 21.0. The van der Waals surface area contributed by atoms with Gasteiger partial charge in [0.25, 0.3) is 0 Å². The fraction of sp³-hybridized carbons (Fsp3) is 0.300. The molecule has 0 radical (unpaired) electrons. The monoisotopic (exact) mass is 402 g/mol. The number of esters is 1. The third-order valence-corrected chi connectivity index (χ3v) is 4.94. The van der Waals surface area contributed by atoms with Gasteiger partial charge in [0.2, 0.25) is 5.91 Å². The number of amides is 1. The summed E-state index contributed by atoms with van der Waals surface area (Å²) in [6.45, 7) is 1.90. The molecule has 9 nitrogen and oxygen atoms in total.